The average Bonchev–Trinajstić information content (AvgIpc) is 2.50. The van der Waals surface area contributed by atoms with E-state index in [2.05, 4.69) is 36.8 Å². The van der Waals surface area contributed by atoms with Crippen LogP contribution in [-0.4, -0.2) is 61.8 Å². The Morgan fingerprint density at radius 2 is 1.85 bits per heavy atom. The third kappa shape index (κ3) is 4.20. The molecule has 0 bridgehead atoms. The van der Waals surface area contributed by atoms with E-state index in [-0.39, 0.29) is 18.7 Å². The Labute approximate surface area is 123 Å². The van der Waals surface area contributed by atoms with Crippen molar-refractivity contribution in [3.05, 3.63) is 29.8 Å². The number of hydrogen-bond acceptors (Lipinski definition) is 4. The zero-order valence-corrected chi connectivity index (χ0v) is 13.3. The molecule has 0 saturated heterocycles. The summed E-state index contributed by atoms with van der Waals surface area (Å²) in [6.07, 6.45) is 0. The van der Waals surface area contributed by atoms with E-state index in [1.54, 1.807) is 7.11 Å². The largest absolute Gasteiger partial charge is 0.496 e. The molecule has 0 radical (unpaired) electrons. The number of likely N-dealkylation sites (N-methyl/N-ethyl adjacent to an activating group) is 2. The molecule has 0 aliphatic carbocycles. The van der Waals surface area contributed by atoms with Crippen molar-refractivity contribution in [2.24, 2.45) is 0 Å². The van der Waals surface area contributed by atoms with Crippen LogP contribution in [0.4, 0.5) is 0 Å². The molecule has 0 fully saturated rings. The third-order valence-corrected chi connectivity index (χ3v) is 4.08. The molecule has 0 amide bonds. The summed E-state index contributed by atoms with van der Waals surface area (Å²) < 4.78 is 5.43. The normalized spacial score (nSPS) is 14.6. The predicted octanol–water partition coefficient (Wildman–Crippen LogP) is 2.00. The van der Waals surface area contributed by atoms with Gasteiger partial charge >= 0.3 is 0 Å². The first kappa shape index (κ1) is 17.0. The van der Waals surface area contributed by atoms with Crippen LogP contribution < -0.4 is 4.74 Å². The van der Waals surface area contributed by atoms with Crippen LogP contribution in [-0.2, 0) is 0 Å². The van der Waals surface area contributed by atoms with Crippen LogP contribution in [0.1, 0.15) is 25.5 Å². The number of benzene rings is 1. The fourth-order valence-corrected chi connectivity index (χ4v) is 2.33. The number of methoxy groups -OCH3 is 1. The van der Waals surface area contributed by atoms with E-state index in [1.807, 2.05) is 25.2 Å². The molecule has 0 aromatic heterocycles. The van der Waals surface area contributed by atoms with Gasteiger partial charge in [0.05, 0.1) is 13.7 Å². The van der Waals surface area contributed by atoms with Crippen molar-refractivity contribution < 1.29 is 9.84 Å². The molecular weight excluding hydrogens is 252 g/mol. The monoisotopic (exact) mass is 280 g/mol. The van der Waals surface area contributed by atoms with Gasteiger partial charge < -0.3 is 14.7 Å². The lowest BCUT2D eigenvalue weighted by atomic mass is 10.1. The van der Waals surface area contributed by atoms with Gasteiger partial charge in [0.2, 0.25) is 0 Å². The average molecular weight is 280 g/mol. The number of nitrogens with zero attached hydrogens (tertiary/aromatic N) is 2. The molecule has 0 aliphatic rings. The fourth-order valence-electron chi connectivity index (χ4n) is 2.33. The Balaban J connectivity index is 2.78. The molecule has 4 nitrogen and oxygen atoms in total. The van der Waals surface area contributed by atoms with Gasteiger partial charge in [0.1, 0.15) is 5.75 Å². The van der Waals surface area contributed by atoms with Gasteiger partial charge in [-0.1, -0.05) is 25.1 Å². The summed E-state index contributed by atoms with van der Waals surface area (Å²) in [5, 5.41) is 9.54. The van der Waals surface area contributed by atoms with Gasteiger partial charge in [-0.25, -0.2) is 0 Å². The highest BCUT2D eigenvalue weighted by molar-refractivity contribution is 5.35. The highest BCUT2D eigenvalue weighted by atomic mass is 16.5. The maximum atomic E-state index is 9.54. The molecule has 4 heteroatoms. The Morgan fingerprint density at radius 3 is 2.40 bits per heavy atom. The van der Waals surface area contributed by atoms with Gasteiger partial charge in [0.25, 0.3) is 0 Å². The molecule has 1 aromatic carbocycles. The summed E-state index contributed by atoms with van der Waals surface area (Å²) in [5.41, 5.74) is 1.17. The number of hydrogen-bond donors (Lipinski definition) is 1. The van der Waals surface area contributed by atoms with E-state index >= 15 is 0 Å². The van der Waals surface area contributed by atoms with E-state index in [0.29, 0.717) is 0 Å². The van der Waals surface area contributed by atoms with Crippen molar-refractivity contribution in [2.45, 2.75) is 25.9 Å². The molecule has 0 spiro atoms. The summed E-state index contributed by atoms with van der Waals surface area (Å²) in [7, 11) is 5.83. The van der Waals surface area contributed by atoms with Gasteiger partial charge in [-0.15, -0.1) is 0 Å². The Bertz CT molecular complexity index is 398. The van der Waals surface area contributed by atoms with Crippen molar-refractivity contribution in [2.75, 3.05) is 40.9 Å². The second-order valence-electron chi connectivity index (χ2n) is 5.27. The summed E-state index contributed by atoms with van der Waals surface area (Å²) in [6, 6.07) is 8.49. The number of para-hydroxylation sites is 1. The van der Waals surface area contributed by atoms with Crippen molar-refractivity contribution in [3.8, 4) is 5.75 Å². The molecule has 20 heavy (non-hydrogen) atoms. The number of ether oxygens (including phenoxy) is 1. The third-order valence-electron chi connectivity index (χ3n) is 4.08. The molecule has 1 N–H and O–H groups in total. The second-order valence-corrected chi connectivity index (χ2v) is 5.27. The quantitative estimate of drug-likeness (QED) is 0.790. The van der Waals surface area contributed by atoms with Crippen LogP contribution in [0.25, 0.3) is 0 Å². The minimum absolute atomic E-state index is 0.155. The maximum absolute atomic E-state index is 9.54. The molecule has 0 aliphatic heterocycles. The van der Waals surface area contributed by atoms with Crippen LogP contribution in [0, 0.1) is 0 Å². The molecule has 1 rings (SSSR count). The highest BCUT2D eigenvalue weighted by Gasteiger charge is 2.20. The van der Waals surface area contributed by atoms with E-state index in [4.69, 9.17) is 4.74 Å². The summed E-state index contributed by atoms with van der Waals surface area (Å²) in [6.45, 7) is 6.19. The minimum atomic E-state index is 0.155. The first-order chi connectivity index (χ1) is 9.54. The van der Waals surface area contributed by atoms with E-state index in [0.717, 1.165) is 18.8 Å². The van der Waals surface area contributed by atoms with Crippen LogP contribution in [0.5, 0.6) is 5.75 Å². The number of aliphatic hydroxyl groups excluding tert-OH is 1. The lowest BCUT2D eigenvalue weighted by Crippen LogP contribution is -2.43. The Kier molecular flexibility index (Phi) is 6.99. The van der Waals surface area contributed by atoms with Gasteiger partial charge in [-0.2, -0.15) is 0 Å². The molecule has 114 valence electrons. The minimum Gasteiger partial charge on any atom is -0.496 e. The van der Waals surface area contributed by atoms with Gasteiger partial charge in [-0.05, 0) is 33.6 Å². The lowest BCUT2D eigenvalue weighted by Gasteiger charge is -2.33. The van der Waals surface area contributed by atoms with Gasteiger partial charge in [0.15, 0.2) is 0 Å². The zero-order chi connectivity index (χ0) is 15.1. The van der Waals surface area contributed by atoms with Crippen LogP contribution in [0.3, 0.4) is 0 Å². The summed E-state index contributed by atoms with van der Waals surface area (Å²) >= 11 is 0. The lowest BCUT2D eigenvalue weighted by molar-refractivity contribution is 0.104. The highest BCUT2D eigenvalue weighted by Crippen LogP contribution is 2.28. The molecular formula is C16H28N2O2. The second kappa shape index (κ2) is 8.25. The number of rotatable bonds is 8. The van der Waals surface area contributed by atoms with Crippen LogP contribution in [0.2, 0.25) is 0 Å². The molecule has 1 aromatic rings. The number of aliphatic hydroxyl groups is 1. The van der Waals surface area contributed by atoms with Crippen molar-refractivity contribution in [3.63, 3.8) is 0 Å². The first-order valence-electron chi connectivity index (χ1n) is 7.19. The SMILES string of the molecule is CCN(C)[C@@H](CO)CN(C)[C@@H](C)c1ccccc1OC. The van der Waals surface area contributed by atoms with Crippen LogP contribution in [0.15, 0.2) is 24.3 Å². The fraction of sp³-hybridized carbons (Fsp3) is 0.625. The Hall–Kier alpha value is -1.10. The molecule has 2 atom stereocenters. The Morgan fingerprint density at radius 1 is 1.20 bits per heavy atom. The van der Waals surface area contributed by atoms with Gasteiger partial charge in [-0.3, -0.25) is 4.90 Å². The topological polar surface area (TPSA) is 35.9 Å². The van der Waals surface area contributed by atoms with Crippen molar-refractivity contribution in [1.82, 2.24) is 9.80 Å². The first-order valence-corrected chi connectivity index (χ1v) is 7.19. The maximum Gasteiger partial charge on any atom is 0.123 e. The van der Waals surface area contributed by atoms with Crippen molar-refractivity contribution in [1.29, 1.82) is 0 Å². The zero-order valence-electron chi connectivity index (χ0n) is 13.3. The molecule has 0 saturated carbocycles. The molecule has 0 heterocycles. The predicted molar refractivity (Wildman–Crippen MR) is 83.2 cm³/mol. The van der Waals surface area contributed by atoms with Crippen LogP contribution >= 0.6 is 0 Å². The standard InChI is InChI=1S/C16H28N2O2/c1-6-17(3)14(12-19)11-18(4)13(2)15-9-7-8-10-16(15)20-5/h7-10,13-14,19H,6,11-12H2,1-5H3/t13-,14+/m0/s1. The summed E-state index contributed by atoms with van der Waals surface area (Å²) in [4.78, 5) is 4.43. The smallest absolute Gasteiger partial charge is 0.123 e. The summed E-state index contributed by atoms with van der Waals surface area (Å²) in [5.74, 6) is 0.913. The van der Waals surface area contributed by atoms with Crippen molar-refractivity contribution >= 4 is 0 Å². The van der Waals surface area contributed by atoms with E-state index < -0.39 is 0 Å². The van der Waals surface area contributed by atoms with E-state index in [1.165, 1.54) is 5.56 Å². The molecule has 0 unspecified atom stereocenters. The van der Waals surface area contributed by atoms with E-state index in [9.17, 15) is 5.11 Å². The van der Waals surface area contributed by atoms with Gasteiger partial charge in [0, 0.05) is 24.2 Å².